The summed E-state index contributed by atoms with van der Waals surface area (Å²) in [6, 6.07) is 12.9. The maximum Gasteiger partial charge on any atom is 0.337 e. The predicted octanol–water partition coefficient (Wildman–Crippen LogP) is 5.01. The van der Waals surface area contributed by atoms with E-state index in [1.165, 1.54) is 19.2 Å². The van der Waals surface area contributed by atoms with Gasteiger partial charge in [-0.25, -0.2) is 19.2 Å². The number of methoxy groups -OCH3 is 1. The lowest BCUT2D eigenvalue weighted by Crippen LogP contribution is -2.04. The zero-order chi connectivity index (χ0) is 20.4. The molecule has 0 saturated carbocycles. The highest BCUT2D eigenvalue weighted by Crippen LogP contribution is 2.29. The molecule has 29 heavy (non-hydrogen) atoms. The van der Waals surface area contributed by atoms with E-state index in [2.05, 4.69) is 20.3 Å². The van der Waals surface area contributed by atoms with Gasteiger partial charge in [0.2, 0.25) is 0 Å². The molecule has 144 valence electrons. The Labute approximate surface area is 170 Å². The minimum atomic E-state index is -0.520. The minimum Gasteiger partial charge on any atom is -0.465 e. The molecule has 0 bridgehead atoms. The molecular formula is C21H14ClFN4O2. The summed E-state index contributed by atoms with van der Waals surface area (Å²) in [6.07, 6.45) is 3.31. The summed E-state index contributed by atoms with van der Waals surface area (Å²) >= 11 is 5.89. The summed E-state index contributed by atoms with van der Waals surface area (Å²) in [4.78, 5) is 25.2. The van der Waals surface area contributed by atoms with Crippen molar-refractivity contribution in [3.63, 3.8) is 0 Å². The highest BCUT2D eigenvalue weighted by Gasteiger charge is 2.14. The molecule has 6 nitrogen and oxygen atoms in total. The first kappa shape index (κ1) is 18.8. The van der Waals surface area contributed by atoms with E-state index in [0.29, 0.717) is 33.8 Å². The van der Waals surface area contributed by atoms with Crippen LogP contribution in [0.4, 0.5) is 15.9 Å². The monoisotopic (exact) mass is 408 g/mol. The van der Waals surface area contributed by atoms with Gasteiger partial charge in [-0.05, 0) is 48.5 Å². The SMILES string of the molecule is COC(=O)c1ccc2nc(-c3cccnc3)nc(Nc3ccc(F)c(Cl)c3)c2c1. The summed E-state index contributed by atoms with van der Waals surface area (Å²) in [5.41, 5.74) is 2.24. The number of fused-ring (bicyclic) bond motifs is 1. The van der Waals surface area contributed by atoms with Gasteiger partial charge in [-0.1, -0.05) is 11.6 Å². The minimum absolute atomic E-state index is 0.0175. The first-order valence-electron chi connectivity index (χ1n) is 8.58. The third-order valence-electron chi connectivity index (χ3n) is 4.22. The highest BCUT2D eigenvalue weighted by atomic mass is 35.5. The number of benzene rings is 2. The zero-order valence-corrected chi connectivity index (χ0v) is 15.9. The molecule has 8 heteroatoms. The van der Waals surface area contributed by atoms with Crippen LogP contribution in [0.15, 0.2) is 60.9 Å². The van der Waals surface area contributed by atoms with Crippen LogP contribution in [-0.2, 0) is 4.74 Å². The Hall–Kier alpha value is -3.58. The number of anilines is 2. The van der Waals surface area contributed by atoms with Crippen molar-refractivity contribution in [3.05, 3.63) is 77.3 Å². The fraction of sp³-hybridized carbons (Fsp3) is 0.0476. The number of ether oxygens (including phenoxy) is 1. The van der Waals surface area contributed by atoms with Crippen molar-refractivity contribution < 1.29 is 13.9 Å². The second-order valence-corrected chi connectivity index (χ2v) is 6.52. The second kappa shape index (κ2) is 7.81. The van der Waals surface area contributed by atoms with Crippen LogP contribution in [0.5, 0.6) is 0 Å². The summed E-state index contributed by atoms with van der Waals surface area (Å²) in [5, 5.41) is 3.72. The van der Waals surface area contributed by atoms with Gasteiger partial charge in [0.05, 0.1) is 23.2 Å². The number of rotatable bonds is 4. The normalized spacial score (nSPS) is 10.7. The van der Waals surface area contributed by atoms with Crippen molar-refractivity contribution in [2.75, 3.05) is 12.4 Å². The molecule has 4 aromatic rings. The van der Waals surface area contributed by atoms with Crippen LogP contribution in [-0.4, -0.2) is 28.0 Å². The van der Waals surface area contributed by atoms with Crippen molar-refractivity contribution in [3.8, 4) is 11.4 Å². The quantitative estimate of drug-likeness (QED) is 0.478. The highest BCUT2D eigenvalue weighted by molar-refractivity contribution is 6.31. The predicted molar refractivity (Wildman–Crippen MR) is 109 cm³/mol. The second-order valence-electron chi connectivity index (χ2n) is 6.11. The number of hydrogen-bond donors (Lipinski definition) is 1. The Morgan fingerprint density at radius 1 is 1.14 bits per heavy atom. The van der Waals surface area contributed by atoms with Crippen LogP contribution < -0.4 is 5.32 Å². The molecule has 4 rings (SSSR count). The van der Waals surface area contributed by atoms with E-state index in [-0.39, 0.29) is 5.02 Å². The topological polar surface area (TPSA) is 77.0 Å². The lowest BCUT2D eigenvalue weighted by Gasteiger charge is -2.12. The molecule has 1 N–H and O–H groups in total. The molecule has 0 unspecified atom stereocenters. The molecule has 2 heterocycles. The van der Waals surface area contributed by atoms with Crippen molar-refractivity contribution in [2.45, 2.75) is 0 Å². The van der Waals surface area contributed by atoms with E-state index >= 15 is 0 Å². The van der Waals surface area contributed by atoms with Gasteiger partial charge < -0.3 is 10.1 Å². The molecule has 2 aromatic carbocycles. The summed E-state index contributed by atoms with van der Waals surface area (Å²) in [6.45, 7) is 0. The van der Waals surface area contributed by atoms with Crippen LogP contribution >= 0.6 is 11.6 Å². The molecule has 2 aromatic heterocycles. The first-order chi connectivity index (χ1) is 14.0. The lowest BCUT2D eigenvalue weighted by atomic mass is 10.1. The van der Waals surface area contributed by atoms with Crippen molar-refractivity contribution in [1.82, 2.24) is 15.0 Å². The Bertz CT molecular complexity index is 1220. The smallest absolute Gasteiger partial charge is 0.337 e. The Kier molecular flexibility index (Phi) is 5.05. The van der Waals surface area contributed by atoms with Gasteiger partial charge in [-0.2, -0.15) is 0 Å². The Balaban J connectivity index is 1.89. The summed E-state index contributed by atoms with van der Waals surface area (Å²) in [7, 11) is 1.31. The first-order valence-corrected chi connectivity index (χ1v) is 8.95. The van der Waals surface area contributed by atoms with Gasteiger partial charge >= 0.3 is 5.97 Å². The number of carbonyl (C=O) groups excluding carboxylic acids is 1. The molecule has 0 saturated heterocycles. The fourth-order valence-corrected chi connectivity index (χ4v) is 2.98. The molecule has 0 amide bonds. The molecular weight excluding hydrogens is 395 g/mol. The van der Waals surface area contributed by atoms with Crippen LogP contribution in [0.3, 0.4) is 0 Å². The zero-order valence-electron chi connectivity index (χ0n) is 15.2. The average Bonchev–Trinajstić information content (AvgIpc) is 2.76. The van der Waals surface area contributed by atoms with E-state index in [9.17, 15) is 9.18 Å². The Morgan fingerprint density at radius 3 is 2.72 bits per heavy atom. The largest absolute Gasteiger partial charge is 0.465 e. The van der Waals surface area contributed by atoms with Crippen LogP contribution in [0.2, 0.25) is 5.02 Å². The van der Waals surface area contributed by atoms with Gasteiger partial charge in [0, 0.05) is 29.0 Å². The fourth-order valence-electron chi connectivity index (χ4n) is 2.80. The average molecular weight is 409 g/mol. The van der Waals surface area contributed by atoms with Gasteiger partial charge in [0.1, 0.15) is 11.6 Å². The van der Waals surface area contributed by atoms with Crippen LogP contribution in [0.25, 0.3) is 22.3 Å². The number of halogens is 2. The van der Waals surface area contributed by atoms with Crippen LogP contribution in [0.1, 0.15) is 10.4 Å². The van der Waals surface area contributed by atoms with E-state index in [1.807, 2.05) is 6.07 Å². The Morgan fingerprint density at radius 2 is 2.00 bits per heavy atom. The van der Waals surface area contributed by atoms with Gasteiger partial charge in [-0.3, -0.25) is 4.98 Å². The molecule has 0 spiro atoms. The third-order valence-corrected chi connectivity index (χ3v) is 4.51. The number of carbonyl (C=O) groups is 1. The number of pyridine rings is 1. The number of aromatic nitrogens is 3. The lowest BCUT2D eigenvalue weighted by molar-refractivity contribution is 0.0601. The van der Waals surface area contributed by atoms with E-state index in [1.54, 1.807) is 42.7 Å². The molecule has 0 aliphatic carbocycles. The number of esters is 1. The molecule has 0 fully saturated rings. The van der Waals surface area contributed by atoms with Gasteiger partial charge in [-0.15, -0.1) is 0 Å². The summed E-state index contributed by atoms with van der Waals surface area (Å²) in [5.74, 6) is -0.109. The van der Waals surface area contributed by atoms with Gasteiger partial charge in [0.25, 0.3) is 0 Å². The maximum absolute atomic E-state index is 13.5. The number of nitrogens with zero attached hydrogens (tertiary/aromatic N) is 3. The van der Waals surface area contributed by atoms with Gasteiger partial charge in [0.15, 0.2) is 5.82 Å². The van der Waals surface area contributed by atoms with Crippen molar-refractivity contribution in [1.29, 1.82) is 0 Å². The van der Waals surface area contributed by atoms with Crippen molar-refractivity contribution >= 4 is 40.0 Å². The van der Waals surface area contributed by atoms with E-state index in [0.717, 1.165) is 5.56 Å². The third kappa shape index (κ3) is 3.86. The molecule has 0 atom stereocenters. The standard InChI is InChI=1S/C21H14ClFN4O2/c1-29-21(28)12-4-7-18-15(9-12)20(25-14-5-6-17(23)16(22)10-14)27-19(26-18)13-3-2-8-24-11-13/h2-11H,1H3,(H,25,26,27). The van der Waals surface area contributed by atoms with Crippen LogP contribution in [0, 0.1) is 5.82 Å². The maximum atomic E-state index is 13.5. The molecule has 0 aliphatic rings. The van der Waals surface area contributed by atoms with Crippen molar-refractivity contribution in [2.24, 2.45) is 0 Å². The van der Waals surface area contributed by atoms with E-state index in [4.69, 9.17) is 16.3 Å². The molecule has 0 aliphatic heterocycles. The number of hydrogen-bond acceptors (Lipinski definition) is 6. The molecule has 0 radical (unpaired) electrons. The van der Waals surface area contributed by atoms with E-state index < -0.39 is 11.8 Å². The summed E-state index contributed by atoms with van der Waals surface area (Å²) < 4.78 is 18.3. The number of nitrogens with one attached hydrogen (secondary N) is 1.